The minimum atomic E-state index is 0.951. The normalized spacial score (nSPS) is 9.92. The van der Waals surface area contributed by atoms with E-state index in [0.717, 1.165) is 30.9 Å². The first kappa shape index (κ1) is 8.00. The van der Waals surface area contributed by atoms with Crippen LogP contribution in [0.4, 0.5) is 0 Å². The van der Waals surface area contributed by atoms with Crippen LogP contribution < -0.4 is 2.81 Å². The van der Waals surface area contributed by atoms with Crippen molar-refractivity contribution in [1.29, 1.82) is 0 Å². The molecule has 0 atom stereocenters. The summed E-state index contributed by atoms with van der Waals surface area (Å²) in [5, 5.41) is 2.49. The Balaban J connectivity index is 2.67. The van der Waals surface area contributed by atoms with Crippen LogP contribution >= 0.6 is 0 Å². The molecule has 0 radical (unpaired) electrons. The maximum atomic E-state index is 5.21. The molecule has 2 aromatic rings. The van der Waals surface area contributed by atoms with Crippen molar-refractivity contribution in [2.75, 3.05) is 0 Å². The third-order valence-corrected chi connectivity index (χ3v) is 2.42. The standard InChI is InChI=1S/C10H8O.Zr/c11-10-6-5-8-3-1-2-4-9(8)7-10;/h1-7,11H;/q;+1/p-1. The van der Waals surface area contributed by atoms with Crippen molar-refractivity contribution < 1.29 is 28.0 Å². The third kappa shape index (κ3) is 1.44. The Morgan fingerprint density at radius 2 is 1.67 bits per heavy atom. The summed E-state index contributed by atoms with van der Waals surface area (Å²) >= 11 is 1.08. The molecule has 2 rings (SSSR count). The first-order chi connectivity index (χ1) is 5.90. The Morgan fingerprint density at radius 1 is 0.917 bits per heavy atom. The Kier molecular flexibility index (Phi) is 2.27. The van der Waals surface area contributed by atoms with E-state index in [9.17, 15) is 0 Å². The van der Waals surface area contributed by atoms with Crippen LogP contribution in [-0.2, 0) is 25.2 Å². The average molecular weight is 234 g/mol. The van der Waals surface area contributed by atoms with Crippen molar-refractivity contribution >= 4 is 10.8 Å². The van der Waals surface area contributed by atoms with E-state index in [2.05, 4.69) is 24.3 Å². The maximum absolute atomic E-state index is 5.21. The second-order valence-corrected chi connectivity index (χ2v) is 3.11. The van der Waals surface area contributed by atoms with E-state index in [0.29, 0.717) is 0 Å². The number of benzene rings is 2. The second kappa shape index (κ2) is 3.41. The summed E-state index contributed by atoms with van der Waals surface area (Å²) in [6.07, 6.45) is 0. The second-order valence-electron chi connectivity index (χ2n) is 2.61. The van der Waals surface area contributed by atoms with Crippen LogP contribution in [0.1, 0.15) is 0 Å². The van der Waals surface area contributed by atoms with Crippen LogP contribution in [0.15, 0.2) is 42.5 Å². The van der Waals surface area contributed by atoms with E-state index < -0.39 is 0 Å². The van der Waals surface area contributed by atoms with Crippen LogP contribution in [0, 0.1) is 0 Å². The molecule has 0 N–H and O–H groups in total. The number of rotatable bonds is 1. The van der Waals surface area contributed by atoms with Gasteiger partial charge in [-0.1, -0.05) is 0 Å². The molecular formula is C10H7OZr. The molecule has 0 saturated carbocycles. The molecule has 0 spiro atoms. The predicted octanol–water partition coefficient (Wildman–Crippen LogP) is 2.68. The van der Waals surface area contributed by atoms with E-state index in [4.69, 9.17) is 2.81 Å². The SMILES string of the molecule is [Zr][O]c1ccc2ccccc2c1. The molecule has 2 aromatic carbocycles. The van der Waals surface area contributed by atoms with Crippen molar-refractivity contribution in [3.8, 4) is 5.75 Å². The Hall–Kier alpha value is -0.617. The van der Waals surface area contributed by atoms with Crippen molar-refractivity contribution in [2.24, 2.45) is 0 Å². The van der Waals surface area contributed by atoms with Gasteiger partial charge in [-0.15, -0.1) is 0 Å². The topological polar surface area (TPSA) is 9.23 Å². The molecule has 0 aromatic heterocycles. The Bertz CT molecular complexity index is 398. The summed E-state index contributed by atoms with van der Waals surface area (Å²) in [4.78, 5) is 0. The monoisotopic (exact) mass is 233 g/mol. The molecule has 1 nitrogen and oxygen atoms in total. The van der Waals surface area contributed by atoms with Crippen molar-refractivity contribution in [3.63, 3.8) is 0 Å². The molecule has 0 fully saturated rings. The zero-order chi connectivity index (χ0) is 8.39. The first-order valence-electron chi connectivity index (χ1n) is 3.72. The quantitative estimate of drug-likeness (QED) is 0.737. The van der Waals surface area contributed by atoms with E-state index in [1.807, 2.05) is 18.2 Å². The zero-order valence-corrected chi connectivity index (χ0v) is 8.91. The first-order valence-corrected chi connectivity index (χ1v) is 4.73. The molecule has 0 aliphatic rings. The molecule has 57 valence electrons. The van der Waals surface area contributed by atoms with Crippen molar-refractivity contribution in [3.05, 3.63) is 42.5 Å². The third-order valence-electron chi connectivity index (χ3n) is 1.84. The van der Waals surface area contributed by atoms with Crippen LogP contribution in [-0.4, -0.2) is 0 Å². The van der Waals surface area contributed by atoms with Gasteiger partial charge in [0, 0.05) is 0 Å². The summed E-state index contributed by atoms with van der Waals surface area (Å²) < 4.78 is 5.21. The fraction of sp³-hybridized carbons (Fsp3) is 0. The van der Waals surface area contributed by atoms with Gasteiger partial charge in [-0.3, -0.25) is 0 Å². The van der Waals surface area contributed by atoms with Crippen molar-refractivity contribution in [2.45, 2.75) is 0 Å². The Morgan fingerprint density at radius 3 is 2.42 bits per heavy atom. The van der Waals surface area contributed by atoms with Crippen LogP contribution in [0.25, 0.3) is 10.8 Å². The van der Waals surface area contributed by atoms with Gasteiger partial charge in [-0.05, 0) is 0 Å². The summed E-state index contributed by atoms with van der Waals surface area (Å²) in [5.41, 5.74) is 0. The zero-order valence-electron chi connectivity index (χ0n) is 6.45. The number of hydrogen-bond donors (Lipinski definition) is 0. The summed E-state index contributed by atoms with van der Waals surface area (Å²) in [6.45, 7) is 0. The van der Waals surface area contributed by atoms with Gasteiger partial charge >= 0.3 is 87.0 Å². The molecule has 0 bridgehead atoms. The molecule has 0 aliphatic heterocycles. The number of fused-ring (bicyclic) bond motifs is 1. The van der Waals surface area contributed by atoms with Crippen LogP contribution in [0.3, 0.4) is 0 Å². The van der Waals surface area contributed by atoms with Gasteiger partial charge in [0.1, 0.15) is 0 Å². The molecule has 0 amide bonds. The van der Waals surface area contributed by atoms with E-state index in [-0.39, 0.29) is 0 Å². The summed E-state index contributed by atoms with van der Waals surface area (Å²) in [6, 6.07) is 14.4. The van der Waals surface area contributed by atoms with Gasteiger partial charge in [-0.2, -0.15) is 0 Å². The molecule has 0 unspecified atom stereocenters. The van der Waals surface area contributed by atoms with Crippen molar-refractivity contribution in [1.82, 2.24) is 0 Å². The molecular weight excluding hydrogens is 227 g/mol. The molecule has 0 aliphatic carbocycles. The van der Waals surface area contributed by atoms with E-state index >= 15 is 0 Å². The average Bonchev–Trinajstić information content (AvgIpc) is 2.17. The van der Waals surface area contributed by atoms with Gasteiger partial charge in [0.25, 0.3) is 0 Å². The van der Waals surface area contributed by atoms with E-state index in [1.165, 1.54) is 10.8 Å². The number of hydrogen-bond acceptors (Lipinski definition) is 1. The predicted molar refractivity (Wildman–Crippen MR) is 44.6 cm³/mol. The molecule has 2 heteroatoms. The fourth-order valence-corrected chi connectivity index (χ4v) is 1.54. The summed E-state index contributed by atoms with van der Waals surface area (Å²) in [7, 11) is 0. The fourth-order valence-electron chi connectivity index (χ4n) is 1.23. The van der Waals surface area contributed by atoms with Gasteiger partial charge in [0.2, 0.25) is 0 Å². The van der Waals surface area contributed by atoms with Gasteiger partial charge in [-0.25, -0.2) is 0 Å². The van der Waals surface area contributed by atoms with Gasteiger partial charge < -0.3 is 0 Å². The minimum absolute atomic E-state index is 0.951. The molecule has 12 heavy (non-hydrogen) atoms. The molecule has 0 saturated heterocycles. The van der Waals surface area contributed by atoms with E-state index in [1.54, 1.807) is 0 Å². The van der Waals surface area contributed by atoms with Gasteiger partial charge in [0.05, 0.1) is 0 Å². The van der Waals surface area contributed by atoms with Crippen LogP contribution in [0.5, 0.6) is 5.75 Å². The van der Waals surface area contributed by atoms with Gasteiger partial charge in [0.15, 0.2) is 0 Å². The van der Waals surface area contributed by atoms with Crippen LogP contribution in [0.2, 0.25) is 0 Å². The molecule has 0 heterocycles. The summed E-state index contributed by atoms with van der Waals surface area (Å²) in [5.74, 6) is 0.951. The Labute approximate surface area is 86.8 Å².